The molecular weight excluding hydrogens is 244 g/mol. The summed E-state index contributed by atoms with van der Waals surface area (Å²) in [4.78, 5) is 25.1. The molecule has 0 aromatic heterocycles. The largest absolute Gasteiger partial charge is 0.381 e. The molecule has 5 heteroatoms. The molecule has 0 atom stereocenters. The number of nitrogens with one attached hydrogen (secondary N) is 1. The average Bonchev–Trinajstić information content (AvgIpc) is 2.74. The smallest absolute Gasteiger partial charge is 0.296 e. The number of ether oxygens (including phenoxy) is 1. The molecule has 1 N–H and O–H groups in total. The minimum atomic E-state index is -0.537. The number of ketones is 1. The van der Waals surface area contributed by atoms with Gasteiger partial charge in [-0.15, -0.1) is 0 Å². The zero-order valence-electron chi connectivity index (χ0n) is 10.8. The van der Waals surface area contributed by atoms with Gasteiger partial charge < -0.3 is 15.0 Å². The van der Waals surface area contributed by atoms with Gasteiger partial charge in [-0.2, -0.15) is 0 Å². The molecule has 2 heterocycles. The highest BCUT2D eigenvalue weighted by atomic mass is 16.5. The number of Topliss-reactive ketones (excluding diaryl/α,β-unsaturated/α-hetero) is 1. The van der Waals surface area contributed by atoms with Gasteiger partial charge in [0.05, 0.1) is 17.4 Å². The van der Waals surface area contributed by atoms with E-state index in [2.05, 4.69) is 10.2 Å². The van der Waals surface area contributed by atoms with E-state index in [1.807, 2.05) is 12.1 Å². The third-order valence-electron chi connectivity index (χ3n) is 3.84. The topological polar surface area (TPSA) is 58.6 Å². The molecule has 1 aromatic rings. The molecule has 1 saturated heterocycles. The van der Waals surface area contributed by atoms with E-state index < -0.39 is 11.7 Å². The fourth-order valence-corrected chi connectivity index (χ4v) is 2.68. The number of carbonyl (C=O) groups excluding carboxylic acids is 2. The molecule has 1 fully saturated rings. The van der Waals surface area contributed by atoms with Crippen LogP contribution in [0, 0.1) is 0 Å². The van der Waals surface area contributed by atoms with E-state index in [1.54, 1.807) is 13.2 Å². The van der Waals surface area contributed by atoms with Gasteiger partial charge in [0.25, 0.3) is 11.7 Å². The van der Waals surface area contributed by atoms with Crippen LogP contribution < -0.4 is 10.2 Å². The summed E-state index contributed by atoms with van der Waals surface area (Å²) < 4.78 is 5.35. The minimum Gasteiger partial charge on any atom is -0.381 e. The summed E-state index contributed by atoms with van der Waals surface area (Å²) in [6.45, 7) is 1.86. The van der Waals surface area contributed by atoms with E-state index in [4.69, 9.17) is 4.74 Å². The molecule has 5 nitrogen and oxygen atoms in total. The van der Waals surface area contributed by atoms with Gasteiger partial charge in [-0.05, 0) is 31.0 Å². The van der Waals surface area contributed by atoms with Gasteiger partial charge in [0, 0.05) is 25.9 Å². The van der Waals surface area contributed by atoms with E-state index in [0.717, 1.165) is 31.6 Å². The van der Waals surface area contributed by atoms with Crippen LogP contribution in [0.4, 0.5) is 11.4 Å². The van der Waals surface area contributed by atoms with Crippen molar-refractivity contribution < 1.29 is 14.3 Å². The number of fused-ring (bicyclic) bond motifs is 1. The van der Waals surface area contributed by atoms with E-state index in [0.29, 0.717) is 17.4 Å². The molecule has 0 radical (unpaired) electrons. The van der Waals surface area contributed by atoms with Gasteiger partial charge in [-0.25, -0.2) is 0 Å². The number of nitrogens with zero attached hydrogens (tertiary/aromatic N) is 1. The Morgan fingerprint density at radius 3 is 2.68 bits per heavy atom. The van der Waals surface area contributed by atoms with E-state index in [1.165, 1.54) is 0 Å². The summed E-state index contributed by atoms with van der Waals surface area (Å²) in [6.07, 6.45) is 2.34. The van der Waals surface area contributed by atoms with Crippen molar-refractivity contribution in [3.8, 4) is 0 Å². The van der Waals surface area contributed by atoms with Crippen molar-refractivity contribution >= 4 is 23.1 Å². The Morgan fingerprint density at radius 2 is 2.00 bits per heavy atom. The Hall–Kier alpha value is -1.88. The number of hydrogen-bond acceptors (Lipinski definition) is 4. The molecule has 1 amide bonds. The number of hydrogen-bond donors (Lipinski definition) is 1. The number of carbonyl (C=O) groups is 2. The van der Waals surface area contributed by atoms with E-state index >= 15 is 0 Å². The van der Waals surface area contributed by atoms with Crippen molar-refractivity contribution in [3.05, 3.63) is 23.8 Å². The normalized spacial score (nSPS) is 19.5. The first-order valence-electron chi connectivity index (χ1n) is 6.46. The van der Waals surface area contributed by atoms with Crippen molar-refractivity contribution in [1.29, 1.82) is 0 Å². The van der Waals surface area contributed by atoms with Crippen LogP contribution in [0.2, 0.25) is 0 Å². The third kappa shape index (κ3) is 2.10. The fraction of sp³-hybridized carbons (Fsp3) is 0.429. The van der Waals surface area contributed by atoms with Crippen molar-refractivity contribution in [2.24, 2.45) is 0 Å². The molecule has 3 rings (SSSR count). The number of piperidine rings is 1. The van der Waals surface area contributed by atoms with Gasteiger partial charge in [0.15, 0.2) is 0 Å². The first-order chi connectivity index (χ1) is 9.19. The summed E-state index contributed by atoms with van der Waals surface area (Å²) >= 11 is 0. The third-order valence-corrected chi connectivity index (χ3v) is 3.84. The predicted molar refractivity (Wildman–Crippen MR) is 71.6 cm³/mol. The second-order valence-electron chi connectivity index (χ2n) is 4.94. The molecule has 1 aromatic carbocycles. The summed E-state index contributed by atoms with van der Waals surface area (Å²) in [7, 11) is 1.75. The van der Waals surface area contributed by atoms with Crippen LogP contribution in [-0.4, -0.2) is 38.0 Å². The zero-order valence-corrected chi connectivity index (χ0v) is 10.8. The lowest BCUT2D eigenvalue weighted by Crippen LogP contribution is -2.36. The Labute approximate surface area is 111 Å². The van der Waals surface area contributed by atoms with Gasteiger partial charge in [0.2, 0.25) is 0 Å². The van der Waals surface area contributed by atoms with Crippen molar-refractivity contribution in [2.75, 3.05) is 30.4 Å². The molecule has 0 unspecified atom stereocenters. The molecule has 0 bridgehead atoms. The Kier molecular flexibility index (Phi) is 2.98. The number of amides is 1. The van der Waals surface area contributed by atoms with Crippen molar-refractivity contribution in [2.45, 2.75) is 18.9 Å². The maximum absolute atomic E-state index is 11.5. The molecule has 2 aliphatic rings. The summed E-state index contributed by atoms with van der Waals surface area (Å²) in [5.41, 5.74) is 2.14. The van der Waals surface area contributed by atoms with Crippen LogP contribution in [0.3, 0.4) is 0 Å². The highest BCUT2D eigenvalue weighted by molar-refractivity contribution is 6.51. The second kappa shape index (κ2) is 4.66. The molecule has 2 aliphatic heterocycles. The Morgan fingerprint density at radius 1 is 1.26 bits per heavy atom. The van der Waals surface area contributed by atoms with Crippen LogP contribution in [0.5, 0.6) is 0 Å². The standard InChI is InChI=1S/C14H16N2O3/c1-19-10-4-6-16(7-5-10)9-2-3-11-12(8-9)15-14(18)13(11)17/h2-3,8,10H,4-7H2,1H3,(H,15,17,18). The predicted octanol–water partition coefficient (Wildman–Crippen LogP) is 1.44. The molecular formula is C14H16N2O3. The zero-order chi connectivity index (χ0) is 13.4. The minimum absolute atomic E-state index is 0.340. The lowest BCUT2D eigenvalue weighted by Gasteiger charge is -2.33. The van der Waals surface area contributed by atoms with Gasteiger partial charge in [0.1, 0.15) is 0 Å². The quantitative estimate of drug-likeness (QED) is 0.817. The van der Waals surface area contributed by atoms with Crippen LogP contribution in [-0.2, 0) is 9.53 Å². The molecule has 100 valence electrons. The summed E-state index contributed by atoms with van der Waals surface area (Å²) in [5.74, 6) is -0.982. The molecule has 19 heavy (non-hydrogen) atoms. The summed E-state index contributed by atoms with van der Waals surface area (Å²) in [5, 5.41) is 2.61. The lowest BCUT2D eigenvalue weighted by atomic mass is 10.1. The van der Waals surface area contributed by atoms with Crippen molar-refractivity contribution in [1.82, 2.24) is 0 Å². The number of methoxy groups -OCH3 is 1. The number of benzene rings is 1. The van der Waals surface area contributed by atoms with E-state index in [-0.39, 0.29) is 0 Å². The van der Waals surface area contributed by atoms with E-state index in [9.17, 15) is 9.59 Å². The SMILES string of the molecule is COC1CCN(c2ccc3c(c2)NC(=O)C3=O)CC1. The molecule has 0 spiro atoms. The second-order valence-corrected chi connectivity index (χ2v) is 4.94. The van der Waals surface area contributed by atoms with Crippen molar-refractivity contribution in [3.63, 3.8) is 0 Å². The van der Waals surface area contributed by atoms with Crippen LogP contribution >= 0.6 is 0 Å². The van der Waals surface area contributed by atoms with Crippen LogP contribution in [0.1, 0.15) is 23.2 Å². The Bertz CT molecular complexity index is 533. The molecule has 0 saturated carbocycles. The number of rotatable bonds is 2. The van der Waals surface area contributed by atoms with Gasteiger partial charge in [-0.3, -0.25) is 9.59 Å². The first kappa shape index (κ1) is 12.2. The monoisotopic (exact) mass is 260 g/mol. The van der Waals surface area contributed by atoms with Crippen LogP contribution in [0.25, 0.3) is 0 Å². The van der Waals surface area contributed by atoms with Gasteiger partial charge in [-0.1, -0.05) is 0 Å². The highest BCUT2D eigenvalue weighted by Gasteiger charge is 2.28. The highest BCUT2D eigenvalue weighted by Crippen LogP contribution is 2.29. The fourth-order valence-electron chi connectivity index (χ4n) is 2.68. The lowest BCUT2D eigenvalue weighted by molar-refractivity contribution is -0.112. The number of anilines is 2. The maximum Gasteiger partial charge on any atom is 0.296 e. The average molecular weight is 260 g/mol. The van der Waals surface area contributed by atoms with Crippen LogP contribution in [0.15, 0.2) is 18.2 Å². The Balaban J connectivity index is 1.79. The molecule has 0 aliphatic carbocycles. The summed E-state index contributed by atoms with van der Waals surface area (Å²) in [6, 6.07) is 5.52. The van der Waals surface area contributed by atoms with Gasteiger partial charge >= 0.3 is 0 Å². The maximum atomic E-state index is 11.5. The first-order valence-corrected chi connectivity index (χ1v) is 6.46.